The van der Waals surface area contributed by atoms with E-state index in [2.05, 4.69) is 0 Å². The first-order chi connectivity index (χ1) is 8.56. The Hall–Kier alpha value is -2.08. The standard InChI is InChI=1S/C12H14FN3O2/c1-15-10(7-18-2)11(14)12(17)16(15)9-5-3-8(13)4-6-9/h3-6H,7,14H2,1-2H3. The first-order valence-corrected chi connectivity index (χ1v) is 5.37. The van der Waals surface area contributed by atoms with Crippen molar-refractivity contribution in [3.8, 4) is 5.69 Å². The fourth-order valence-corrected chi connectivity index (χ4v) is 1.85. The largest absolute Gasteiger partial charge is 0.393 e. The van der Waals surface area contributed by atoms with Gasteiger partial charge in [0.15, 0.2) is 0 Å². The van der Waals surface area contributed by atoms with Crippen LogP contribution in [0.3, 0.4) is 0 Å². The summed E-state index contributed by atoms with van der Waals surface area (Å²) in [6, 6.07) is 5.63. The molecule has 1 aromatic heterocycles. The van der Waals surface area contributed by atoms with E-state index < -0.39 is 0 Å². The van der Waals surface area contributed by atoms with Crippen molar-refractivity contribution in [1.29, 1.82) is 0 Å². The highest BCUT2D eigenvalue weighted by Crippen LogP contribution is 2.13. The van der Waals surface area contributed by atoms with Gasteiger partial charge < -0.3 is 10.5 Å². The number of rotatable bonds is 3. The molecule has 0 unspecified atom stereocenters. The molecule has 0 atom stereocenters. The molecular formula is C12H14FN3O2. The molecule has 1 aromatic carbocycles. The van der Waals surface area contributed by atoms with E-state index in [1.165, 1.54) is 36.1 Å². The molecule has 0 spiro atoms. The van der Waals surface area contributed by atoms with Crippen LogP contribution in [-0.4, -0.2) is 16.5 Å². The van der Waals surface area contributed by atoms with Gasteiger partial charge in [0.05, 0.1) is 18.0 Å². The third kappa shape index (κ3) is 1.91. The lowest BCUT2D eigenvalue weighted by molar-refractivity contribution is 0.177. The van der Waals surface area contributed by atoms with Crippen LogP contribution in [0.1, 0.15) is 5.69 Å². The zero-order chi connectivity index (χ0) is 13.3. The van der Waals surface area contributed by atoms with E-state index in [1.54, 1.807) is 11.7 Å². The zero-order valence-electron chi connectivity index (χ0n) is 10.2. The summed E-state index contributed by atoms with van der Waals surface area (Å²) in [5.41, 5.74) is 6.70. The normalized spacial score (nSPS) is 10.8. The maximum atomic E-state index is 12.9. The number of nitrogen functional groups attached to an aromatic ring is 1. The minimum absolute atomic E-state index is 0.142. The van der Waals surface area contributed by atoms with Crippen molar-refractivity contribution >= 4 is 5.69 Å². The number of methoxy groups -OCH3 is 1. The number of hydrogen-bond donors (Lipinski definition) is 1. The molecule has 18 heavy (non-hydrogen) atoms. The maximum absolute atomic E-state index is 12.9. The lowest BCUT2D eigenvalue weighted by Crippen LogP contribution is -2.20. The maximum Gasteiger partial charge on any atom is 0.294 e. The summed E-state index contributed by atoms with van der Waals surface area (Å²) < 4.78 is 20.9. The van der Waals surface area contributed by atoms with Crippen molar-refractivity contribution < 1.29 is 9.13 Å². The van der Waals surface area contributed by atoms with E-state index in [0.717, 1.165) is 0 Å². The number of benzene rings is 1. The second kappa shape index (κ2) is 4.66. The summed E-state index contributed by atoms with van der Waals surface area (Å²) in [7, 11) is 3.23. The van der Waals surface area contributed by atoms with E-state index in [4.69, 9.17) is 10.5 Å². The van der Waals surface area contributed by atoms with E-state index in [-0.39, 0.29) is 23.7 Å². The molecule has 0 fully saturated rings. The number of hydrogen-bond acceptors (Lipinski definition) is 3. The molecule has 5 nitrogen and oxygen atoms in total. The van der Waals surface area contributed by atoms with Gasteiger partial charge in [0.1, 0.15) is 11.5 Å². The van der Waals surface area contributed by atoms with Crippen molar-refractivity contribution in [2.45, 2.75) is 6.61 Å². The first-order valence-electron chi connectivity index (χ1n) is 5.37. The lowest BCUT2D eigenvalue weighted by Gasteiger charge is -2.09. The fourth-order valence-electron chi connectivity index (χ4n) is 1.85. The van der Waals surface area contributed by atoms with Gasteiger partial charge in [0.25, 0.3) is 5.56 Å². The molecule has 0 aliphatic heterocycles. The van der Waals surface area contributed by atoms with Crippen molar-refractivity contribution in [1.82, 2.24) is 9.36 Å². The zero-order valence-corrected chi connectivity index (χ0v) is 10.2. The van der Waals surface area contributed by atoms with Gasteiger partial charge in [-0.3, -0.25) is 9.48 Å². The summed E-state index contributed by atoms with van der Waals surface area (Å²) in [5, 5.41) is 0. The van der Waals surface area contributed by atoms with Crippen LogP contribution in [0.4, 0.5) is 10.1 Å². The van der Waals surface area contributed by atoms with Crippen LogP contribution in [0.2, 0.25) is 0 Å². The highest BCUT2D eigenvalue weighted by molar-refractivity contribution is 5.45. The second-order valence-corrected chi connectivity index (χ2v) is 3.91. The molecule has 2 rings (SSSR count). The molecule has 0 saturated carbocycles. The second-order valence-electron chi connectivity index (χ2n) is 3.91. The fraction of sp³-hybridized carbons (Fsp3) is 0.250. The summed E-state index contributed by atoms with van der Waals surface area (Å²) >= 11 is 0. The monoisotopic (exact) mass is 251 g/mol. The van der Waals surface area contributed by atoms with Gasteiger partial charge in [-0.25, -0.2) is 9.07 Å². The molecule has 0 aliphatic carbocycles. The predicted octanol–water partition coefficient (Wildman–Crippen LogP) is 1.04. The quantitative estimate of drug-likeness (QED) is 0.886. The van der Waals surface area contributed by atoms with Crippen molar-refractivity contribution in [3.05, 3.63) is 46.1 Å². The minimum Gasteiger partial charge on any atom is -0.393 e. The molecule has 0 saturated heterocycles. The molecule has 0 amide bonds. The van der Waals surface area contributed by atoms with Crippen molar-refractivity contribution in [2.24, 2.45) is 7.05 Å². The van der Waals surface area contributed by atoms with Gasteiger partial charge in [-0.05, 0) is 24.3 Å². The Balaban J connectivity index is 2.61. The number of nitrogens with two attached hydrogens (primary N) is 1. The molecule has 0 aliphatic rings. The van der Waals surface area contributed by atoms with Crippen LogP contribution in [0.25, 0.3) is 5.69 Å². The van der Waals surface area contributed by atoms with Crippen molar-refractivity contribution in [2.75, 3.05) is 12.8 Å². The number of aromatic nitrogens is 2. The molecule has 2 aromatic rings. The molecule has 1 heterocycles. The van der Waals surface area contributed by atoms with Crippen LogP contribution in [0, 0.1) is 5.82 Å². The van der Waals surface area contributed by atoms with Crippen LogP contribution in [0.15, 0.2) is 29.1 Å². The van der Waals surface area contributed by atoms with Crippen molar-refractivity contribution in [3.63, 3.8) is 0 Å². The smallest absolute Gasteiger partial charge is 0.294 e. The van der Waals surface area contributed by atoms with Gasteiger partial charge in [-0.1, -0.05) is 0 Å². The van der Waals surface area contributed by atoms with Gasteiger partial charge in [0.2, 0.25) is 0 Å². The molecule has 0 radical (unpaired) electrons. The van der Waals surface area contributed by atoms with Crippen LogP contribution in [0.5, 0.6) is 0 Å². The highest BCUT2D eigenvalue weighted by Gasteiger charge is 2.16. The van der Waals surface area contributed by atoms with Crippen LogP contribution in [-0.2, 0) is 18.4 Å². The first kappa shape index (κ1) is 12.4. The molecule has 6 heteroatoms. The van der Waals surface area contributed by atoms with Crippen LogP contribution < -0.4 is 11.3 Å². The summed E-state index contributed by atoms with van der Waals surface area (Å²) in [6.07, 6.45) is 0. The highest BCUT2D eigenvalue weighted by atomic mass is 19.1. The number of halogens is 1. The number of ether oxygens (including phenoxy) is 1. The Morgan fingerprint density at radius 1 is 1.33 bits per heavy atom. The third-order valence-electron chi connectivity index (χ3n) is 2.78. The topological polar surface area (TPSA) is 62.2 Å². The summed E-state index contributed by atoms with van der Waals surface area (Å²) in [5.74, 6) is -0.355. The van der Waals surface area contributed by atoms with E-state index in [1.807, 2.05) is 0 Å². The van der Waals surface area contributed by atoms with E-state index >= 15 is 0 Å². The van der Waals surface area contributed by atoms with Gasteiger partial charge in [-0.2, -0.15) is 0 Å². The molecule has 0 bridgehead atoms. The Bertz CT molecular complexity index is 613. The van der Waals surface area contributed by atoms with E-state index in [9.17, 15) is 9.18 Å². The Morgan fingerprint density at radius 3 is 2.50 bits per heavy atom. The SMILES string of the molecule is COCc1c(N)c(=O)n(-c2ccc(F)cc2)n1C. The Kier molecular flexibility index (Phi) is 3.20. The summed E-state index contributed by atoms with van der Waals surface area (Å²) in [4.78, 5) is 12.0. The minimum atomic E-state index is -0.355. The third-order valence-corrected chi connectivity index (χ3v) is 2.78. The van der Waals surface area contributed by atoms with Gasteiger partial charge >= 0.3 is 0 Å². The molecular weight excluding hydrogens is 237 g/mol. The van der Waals surface area contributed by atoms with E-state index in [0.29, 0.717) is 11.4 Å². The molecule has 96 valence electrons. The Labute approximate surface area is 103 Å². The van der Waals surface area contributed by atoms with Gasteiger partial charge in [-0.15, -0.1) is 0 Å². The Morgan fingerprint density at radius 2 is 1.94 bits per heavy atom. The lowest BCUT2D eigenvalue weighted by atomic mass is 10.3. The number of anilines is 1. The van der Waals surface area contributed by atoms with Crippen LogP contribution >= 0.6 is 0 Å². The average Bonchev–Trinajstić information content (AvgIpc) is 2.56. The average molecular weight is 251 g/mol. The molecule has 2 N–H and O–H groups in total. The predicted molar refractivity (Wildman–Crippen MR) is 66.1 cm³/mol. The van der Waals surface area contributed by atoms with Gasteiger partial charge in [0, 0.05) is 14.2 Å². The number of nitrogens with zero attached hydrogens (tertiary/aromatic N) is 2. The summed E-state index contributed by atoms with van der Waals surface area (Å²) in [6.45, 7) is 0.242.